The Balaban J connectivity index is 1.70. The van der Waals surface area contributed by atoms with Gasteiger partial charge in [-0.3, -0.25) is 4.79 Å². The molecule has 1 N–H and O–H groups in total. The first-order valence-corrected chi connectivity index (χ1v) is 10.9. The van der Waals surface area contributed by atoms with Crippen molar-refractivity contribution >= 4 is 38.1 Å². The van der Waals surface area contributed by atoms with Gasteiger partial charge in [0.25, 0.3) is 5.91 Å². The number of nitrogens with zero attached hydrogens (tertiary/aromatic N) is 2. The normalized spacial score (nSPS) is 15.7. The fourth-order valence-corrected chi connectivity index (χ4v) is 4.66. The molecule has 8 heteroatoms. The fourth-order valence-electron chi connectivity index (χ4n) is 2.83. The van der Waals surface area contributed by atoms with Crippen molar-refractivity contribution in [3.8, 4) is 0 Å². The van der Waals surface area contributed by atoms with E-state index < -0.39 is 15.9 Å². The van der Waals surface area contributed by atoms with Crippen LogP contribution in [-0.4, -0.2) is 37.9 Å². The van der Waals surface area contributed by atoms with Crippen LogP contribution in [0.15, 0.2) is 63.0 Å². The zero-order chi connectivity index (χ0) is 19.3. The lowest BCUT2D eigenvalue weighted by Gasteiger charge is -2.25. The molecule has 0 radical (unpaired) electrons. The zero-order valence-corrected chi connectivity index (χ0v) is 17.0. The van der Waals surface area contributed by atoms with Gasteiger partial charge >= 0.3 is 0 Å². The second kappa shape index (κ2) is 8.77. The van der Waals surface area contributed by atoms with Gasteiger partial charge in [0.2, 0.25) is 10.0 Å². The van der Waals surface area contributed by atoms with E-state index in [0.717, 1.165) is 29.3 Å². The average Bonchev–Trinajstić information content (AvgIpc) is 2.70. The minimum atomic E-state index is -3.58. The third-order valence-corrected chi connectivity index (χ3v) is 6.72. The van der Waals surface area contributed by atoms with Gasteiger partial charge in [-0.2, -0.15) is 9.41 Å². The molecule has 1 amide bonds. The minimum absolute atomic E-state index is 0.133. The Morgan fingerprint density at radius 1 is 1.07 bits per heavy atom. The quantitative estimate of drug-likeness (QED) is 0.561. The van der Waals surface area contributed by atoms with Gasteiger partial charge in [0.15, 0.2) is 0 Å². The number of sulfonamides is 1. The highest BCUT2D eigenvalue weighted by Crippen LogP contribution is 2.21. The summed E-state index contributed by atoms with van der Waals surface area (Å²) >= 11 is 3.35. The van der Waals surface area contributed by atoms with Crippen LogP contribution in [0.25, 0.3) is 0 Å². The van der Waals surface area contributed by atoms with Gasteiger partial charge in [-0.05, 0) is 48.7 Å². The molecular weight excluding hydrogens is 430 g/mol. The maximum atomic E-state index is 12.7. The molecule has 0 aliphatic carbocycles. The lowest BCUT2D eigenvalue weighted by molar-refractivity contribution is 0.0955. The van der Waals surface area contributed by atoms with Crippen LogP contribution < -0.4 is 5.43 Å². The molecular formula is C19H20BrN3O3S. The van der Waals surface area contributed by atoms with Gasteiger partial charge in [-0.25, -0.2) is 13.8 Å². The second-order valence-corrected chi connectivity index (χ2v) is 9.10. The van der Waals surface area contributed by atoms with E-state index in [4.69, 9.17) is 0 Å². The number of hydrogen-bond donors (Lipinski definition) is 1. The molecule has 27 heavy (non-hydrogen) atoms. The molecule has 1 saturated heterocycles. The predicted octanol–water partition coefficient (Wildman–Crippen LogP) is 3.39. The van der Waals surface area contributed by atoms with Crippen LogP contribution in [0.2, 0.25) is 0 Å². The molecule has 0 atom stereocenters. The Labute approximate surface area is 167 Å². The first kappa shape index (κ1) is 19.7. The molecule has 0 unspecified atom stereocenters. The van der Waals surface area contributed by atoms with Gasteiger partial charge in [0, 0.05) is 23.1 Å². The van der Waals surface area contributed by atoms with Gasteiger partial charge in [0.05, 0.1) is 11.1 Å². The Bertz CT molecular complexity index is 937. The molecule has 6 nitrogen and oxygen atoms in total. The Kier molecular flexibility index (Phi) is 6.41. The highest BCUT2D eigenvalue weighted by atomic mass is 79.9. The van der Waals surface area contributed by atoms with Crippen LogP contribution >= 0.6 is 15.9 Å². The van der Waals surface area contributed by atoms with Gasteiger partial charge in [-0.1, -0.05) is 40.5 Å². The van der Waals surface area contributed by atoms with Crippen molar-refractivity contribution in [2.24, 2.45) is 5.10 Å². The number of carbonyl (C=O) groups excluding carboxylic acids is 1. The number of carbonyl (C=O) groups is 1. The number of hydrazone groups is 1. The Morgan fingerprint density at radius 2 is 1.78 bits per heavy atom. The van der Waals surface area contributed by atoms with Crippen LogP contribution in [0, 0.1) is 0 Å². The monoisotopic (exact) mass is 449 g/mol. The van der Waals surface area contributed by atoms with Crippen molar-refractivity contribution in [1.29, 1.82) is 0 Å². The second-order valence-electron chi connectivity index (χ2n) is 6.24. The van der Waals surface area contributed by atoms with E-state index in [2.05, 4.69) is 26.5 Å². The van der Waals surface area contributed by atoms with Crippen LogP contribution in [0.4, 0.5) is 0 Å². The standard InChI is InChI=1S/C19H20BrN3O3S/c20-17-9-7-15(8-10-17)14-21-22-19(24)16-5-4-6-18(13-16)27(25,26)23-11-2-1-3-12-23/h4-10,13-14H,1-3,11-12H2,(H,22,24)/b21-14+. The number of amides is 1. The summed E-state index contributed by atoms with van der Waals surface area (Å²) in [6.07, 6.45) is 4.30. The summed E-state index contributed by atoms with van der Waals surface area (Å²) in [5, 5.41) is 3.93. The van der Waals surface area contributed by atoms with Crippen molar-refractivity contribution in [3.63, 3.8) is 0 Å². The maximum absolute atomic E-state index is 12.7. The van der Waals surface area contributed by atoms with E-state index >= 15 is 0 Å². The SMILES string of the molecule is O=C(N/N=C/c1ccc(Br)cc1)c1cccc(S(=O)(=O)N2CCCCC2)c1. The van der Waals surface area contributed by atoms with Gasteiger partial charge in [-0.15, -0.1) is 0 Å². The van der Waals surface area contributed by atoms with Crippen molar-refractivity contribution < 1.29 is 13.2 Å². The molecule has 3 rings (SSSR count). The number of piperidine rings is 1. The number of halogens is 1. The van der Waals surface area contributed by atoms with E-state index in [1.54, 1.807) is 12.1 Å². The number of rotatable bonds is 5. The summed E-state index contributed by atoms with van der Waals surface area (Å²) in [6, 6.07) is 13.5. The van der Waals surface area contributed by atoms with E-state index in [-0.39, 0.29) is 10.5 Å². The molecule has 142 valence electrons. The van der Waals surface area contributed by atoms with Crippen LogP contribution in [0.3, 0.4) is 0 Å². The van der Waals surface area contributed by atoms with Crippen LogP contribution in [-0.2, 0) is 10.0 Å². The Hall–Kier alpha value is -2.03. The van der Waals surface area contributed by atoms with E-state index in [1.165, 1.54) is 22.7 Å². The smallest absolute Gasteiger partial charge is 0.267 e. The highest BCUT2D eigenvalue weighted by Gasteiger charge is 2.26. The zero-order valence-electron chi connectivity index (χ0n) is 14.6. The molecule has 0 saturated carbocycles. The molecule has 0 bridgehead atoms. The van der Waals surface area contributed by atoms with Crippen molar-refractivity contribution in [2.45, 2.75) is 24.2 Å². The van der Waals surface area contributed by atoms with Crippen molar-refractivity contribution in [3.05, 3.63) is 64.1 Å². The summed E-state index contributed by atoms with van der Waals surface area (Å²) in [6.45, 7) is 1.05. The summed E-state index contributed by atoms with van der Waals surface area (Å²) in [4.78, 5) is 12.4. The van der Waals surface area contributed by atoms with Gasteiger partial charge in [0.1, 0.15) is 0 Å². The fraction of sp³-hybridized carbons (Fsp3) is 0.263. The molecule has 2 aromatic rings. The molecule has 2 aromatic carbocycles. The molecule has 1 fully saturated rings. The van der Waals surface area contributed by atoms with E-state index in [1.807, 2.05) is 24.3 Å². The van der Waals surface area contributed by atoms with Crippen LogP contribution in [0.1, 0.15) is 35.2 Å². The lowest BCUT2D eigenvalue weighted by atomic mass is 10.2. The Morgan fingerprint density at radius 3 is 2.48 bits per heavy atom. The third kappa shape index (κ3) is 5.03. The number of hydrogen-bond acceptors (Lipinski definition) is 4. The molecule has 0 spiro atoms. The predicted molar refractivity (Wildman–Crippen MR) is 108 cm³/mol. The summed E-state index contributed by atoms with van der Waals surface area (Å²) in [7, 11) is -3.58. The van der Waals surface area contributed by atoms with Crippen molar-refractivity contribution in [1.82, 2.24) is 9.73 Å². The summed E-state index contributed by atoms with van der Waals surface area (Å²) in [5.41, 5.74) is 3.51. The molecule has 0 aromatic heterocycles. The molecule has 1 heterocycles. The minimum Gasteiger partial charge on any atom is -0.267 e. The van der Waals surface area contributed by atoms with E-state index in [0.29, 0.717) is 13.1 Å². The molecule has 1 aliphatic rings. The number of nitrogens with one attached hydrogen (secondary N) is 1. The van der Waals surface area contributed by atoms with Gasteiger partial charge < -0.3 is 0 Å². The average molecular weight is 450 g/mol. The highest BCUT2D eigenvalue weighted by molar-refractivity contribution is 9.10. The van der Waals surface area contributed by atoms with Crippen LogP contribution in [0.5, 0.6) is 0 Å². The van der Waals surface area contributed by atoms with E-state index in [9.17, 15) is 13.2 Å². The first-order chi connectivity index (χ1) is 13.0. The topological polar surface area (TPSA) is 78.8 Å². The molecule has 1 aliphatic heterocycles. The number of benzene rings is 2. The lowest BCUT2D eigenvalue weighted by Crippen LogP contribution is -2.35. The van der Waals surface area contributed by atoms with Crippen molar-refractivity contribution in [2.75, 3.05) is 13.1 Å². The maximum Gasteiger partial charge on any atom is 0.271 e. The largest absolute Gasteiger partial charge is 0.271 e. The summed E-state index contributed by atoms with van der Waals surface area (Å²) in [5.74, 6) is -0.459. The first-order valence-electron chi connectivity index (χ1n) is 8.66. The summed E-state index contributed by atoms with van der Waals surface area (Å²) < 4.78 is 27.9. The third-order valence-electron chi connectivity index (χ3n) is 4.30.